The highest BCUT2D eigenvalue weighted by Gasteiger charge is 2.41. The number of ether oxygens (including phenoxy) is 1. The molecular weight excluding hydrogens is 304 g/mol. The third-order valence-corrected chi connectivity index (χ3v) is 3.98. The van der Waals surface area contributed by atoms with Crippen LogP contribution in [0.4, 0.5) is 0 Å². The molecule has 2 amide bonds. The monoisotopic (exact) mass is 328 g/mol. The molecule has 0 spiro atoms. The van der Waals surface area contributed by atoms with E-state index in [0.717, 1.165) is 12.8 Å². The van der Waals surface area contributed by atoms with Crippen molar-refractivity contribution in [1.82, 2.24) is 10.6 Å². The number of carbonyl (C=O) groups is 2. The van der Waals surface area contributed by atoms with Crippen LogP contribution in [0.2, 0.25) is 0 Å². The molecule has 1 saturated carbocycles. The van der Waals surface area contributed by atoms with Crippen LogP contribution >= 0.6 is 0 Å². The molecule has 0 aromatic rings. The van der Waals surface area contributed by atoms with E-state index >= 15 is 0 Å². The number of carbonyl (C=O) groups excluding carboxylic acids is 2. The summed E-state index contributed by atoms with van der Waals surface area (Å²) in [6.45, 7) is 2.77. The number of nitrogens with one attached hydrogen (secondary N) is 2. The standard InChI is InChI=1S/C15H24N2O6/c1-7-5-10(19)12(17-8(2)18)14(23-7)13(21)11(20)6-16-15(22)9-3-4-9/h5,9-14,19-21H,3-4,6H2,1-2H3,(H,16,22)(H,17,18)/t10-,11-,12-,13-,14?/m1/s1. The predicted molar refractivity (Wildman–Crippen MR) is 80.0 cm³/mol. The summed E-state index contributed by atoms with van der Waals surface area (Å²) >= 11 is 0. The minimum atomic E-state index is -1.38. The van der Waals surface area contributed by atoms with E-state index < -0.39 is 30.5 Å². The highest BCUT2D eigenvalue weighted by Crippen LogP contribution is 2.28. The van der Waals surface area contributed by atoms with Gasteiger partial charge in [-0.15, -0.1) is 0 Å². The van der Waals surface area contributed by atoms with Crippen LogP contribution in [0.3, 0.4) is 0 Å². The fourth-order valence-electron chi connectivity index (χ4n) is 2.58. The average molecular weight is 328 g/mol. The topological polar surface area (TPSA) is 128 Å². The van der Waals surface area contributed by atoms with Gasteiger partial charge in [-0.2, -0.15) is 0 Å². The lowest BCUT2D eigenvalue weighted by atomic mass is 9.93. The normalized spacial score (nSPS) is 29.8. The summed E-state index contributed by atoms with van der Waals surface area (Å²) in [5, 5.41) is 35.5. The maximum absolute atomic E-state index is 11.6. The van der Waals surface area contributed by atoms with E-state index in [9.17, 15) is 24.9 Å². The summed E-state index contributed by atoms with van der Waals surface area (Å²) in [6, 6.07) is -0.889. The molecule has 0 aromatic heterocycles. The summed E-state index contributed by atoms with van der Waals surface area (Å²) in [5.41, 5.74) is 0. The van der Waals surface area contributed by atoms with Gasteiger partial charge in [-0.05, 0) is 25.8 Å². The fourth-order valence-corrected chi connectivity index (χ4v) is 2.58. The van der Waals surface area contributed by atoms with Crippen LogP contribution in [0.5, 0.6) is 0 Å². The molecule has 5 atom stereocenters. The number of hydrogen-bond donors (Lipinski definition) is 5. The number of rotatable bonds is 6. The molecular formula is C15H24N2O6. The highest BCUT2D eigenvalue weighted by molar-refractivity contribution is 5.80. The van der Waals surface area contributed by atoms with Gasteiger partial charge in [-0.3, -0.25) is 9.59 Å². The molecule has 2 rings (SSSR count). The lowest BCUT2D eigenvalue weighted by molar-refractivity contribution is -0.130. The molecule has 1 aliphatic carbocycles. The van der Waals surface area contributed by atoms with E-state index in [1.807, 2.05) is 0 Å². The molecule has 8 nitrogen and oxygen atoms in total. The Labute approximate surface area is 134 Å². The molecule has 1 unspecified atom stereocenters. The second kappa shape index (κ2) is 7.29. The van der Waals surface area contributed by atoms with Crippen molar-refractivity contribution in [2.75, 3.05) is 6.54 Å². The van der Waals surface area contributed by atoms with E-state index in [4.69, 9.17) is 4.74 Å². The van der Waals surface area contributed by atoms with Crippen molar-refractivity contribution in [3.05, 3.63) is 11.8 Å². The molecule has 2 aliphatic rings. The van der Waals surface area contributed by atoms with E-state index in [0.29, 0.717) is 5.76 Å². The highest BCUT2D eigenvalue weighted by atomic mass is 16.5. The number of aliphatic hydroxyl groups is 3. The minimum absolute atomic E-state index is 0.00408. The molecule has 0 aromatic carbocycles. The quantitative estimate of drug-likeness (QED) is 0.400. The van der Waals surface area contributed by atoms with Gasteiger partial charge in [0.25, 0.3) is 0 Å². The Morgan fingerprint density at radius 3 is 2.61 bits per heavy atom. The molecule has 1 fully saturated rings. The number of hydrogen-bond acceptors (Lipinski definition) is 6. The SMILES string of the molecule is CC(=O)N[C@H]1C([C@H](O)[C@H](O)CNC(=O)C2CC2)OC(C)=C[C@H]1O. The molecule has 0 radical (unpaired) electrons. The van der Waals surface area contributed by atoms with Crippen molar-refractivity contribution in [2.24, 2.45) is 5.92 Å². The molecule has 1 aliphatic heterocycles. The molecule has 0 bridgehead atoms. The van der Waals surface area contributed by atoms with Gasteiger partial charge in [0.05, 0.1) is 17.9 Å². The maximum Gasteiger partial charge on any atom is 0.223 e. The molecule has 5 N–H and O–H groups in total. The number of allylic oxidation sites excluding steroid dienone is 1. The molecule has 0 saturated heterocycles. The van der Waals surface area contributed by atoms with E-state index in [1.54, 1.807) is 6.92 Å². The van der Waals surface area contributed by atoms with E-state index in [2.05, 4.69) is 10.6 Å². The van der Waals surface area contributed by atoms with Crippen LogP contribution in [0.15, 0.2) is 11.8 Å². The van der Waals surface area contributed by atoms with Crippen molar-refractivity contribution < 1.29 is 29.6 Å². The Bertz CT molecular complexity index is 490. The first-order valence-corrected chi connectivity index (χ1v) is 7.73. The van der Waals surface area contributed by atoms with Crippen LogP contribution in [0.25, 0.3) is 0 Å². The molecule has 130 valence electrons. The largest absolute Gasteiger partial charge is 0.490 e. The summed E-state index contributed by atoms with van der Waals surface area (Å²) in [5.74, 6) is -0.142. The van der Waals surface area contributed by atoms with Crippen LogP contribution in [0.1, 0.15) is 26.7 Å². The second-order valence-electron chi connectivity index (χ2n) is 6.15. The van der Waals surface area contributed by atoms with Gasteiger partial charge >= 0.3 is 0 Å². The van der Waals surface area contributed by atoms with Crippen molar-refractivity contribution in [3.8, 4) is 0 Å². The zero-order valence-corrected chi connectivity index (χ0v) is 13.2. The van der Waals surface area contributed by atoms with Gasteiger partial charge in [0, 0.05) is 19.4 Å². The Morgan fingerprint density at radius 1 is 1.39 bits per heavy atom. The van der Waals surface area contributed by atoms with Crippen molar-refractivity contribution in [2.45, 2.75) is 57.1 Å². The smallest absolute Gasteiger partial charge is 0.223 e. The van der Waals surface area contributed by atoms with Crippen LogP contribution in [0, 0.1) is 5.92 Å². The number of amides is 2. The van der Waals surface area contributed by atoms with Gasteiger partial charge < -0.3 is 30.7 Å². The van der Waals surface area contributed by atoms with Crippen molar-refractivity contribution in [3.63, 3.8) is 0 Å². The molecule has 23 heavy (non-hydrogen) atoms. The van der Waals surface area contributed by atoms with E-state index in [1.165, 1.54) is 13.0 Å². The zero-order chi connectivity index (χ0) is 17.1. The van der Waals surface area contributed by atoms with Crippen LogP contribution in [-0.2, 0) is 14.3 Å². The Balaban J connectivity index is 1.98. The van der Waals surface area contributed by atoms with Gasteiger partial charge in [0.15, 0.2) is 0 Å². The zero-order valence-electron chi connectivity index (χ0n) is 13.2. The third-order valence-electron chi connectivity index (χ3n) is 3.98. The first-order valence-electron chi connectivity index (χ1n) is 7.73. The first kappa shape index (κ1) is 17.7. The van der Waals surface area contributed by atoms with Gasteiger partial charge in [-0.1, -0.05) is 0 Å². The lowest BCUT2D eigenvalue weighted by Gasteiger charge is -2.38. The van der Waals surface area contributed by atoms with Gasteiger partial charge in [0.2, 0.25) is 11.8 Å². The predicted octanol–water partition coefficient (Wildman–Crippen LogP) is -1.60. The molecule has 8 heteroatoms. The first-order chi connectivity index (χ1) is 10.8. The van der Waals surface area contributed by atoms with Gasteiger partial charge in [0.1, 0.15) is 18.3 Å². The lowest BCUT2D eigenvalue weighted by Crippen LogP contribution is -2.60. The molecule has 1 heterocycles. The van der Waals surface area contributed by atoms with Gasteiger partial charge in [-0.25, -0.2) is 0 Å². The van der Waals surface area contributed by atoms with Crippen LogP contribution < -0.4 is 10.6 Å². The van der Waals surface area contributed by atoms with Crippen LogP contribution in [-0.4, -0.2) is 64.1 Å². The Morgan fingerprint density at radius 2 is 2.04 bits per heavy atom. The maximum atomic E-state index is 11.6. The Kier molecular flexibility index (Phi) is 5.61. The number of aliphatic hydroxyl groups excluding tert-OH is 3. The van der Waals surface area contributed by atoms with Crippen molar-refractivity contribution in [1.29, 1.82) is 0 Å². The fraction of sp³-hybridized carbons (Fsp3) is 0.733. The average Bonchev–Trinajstić information content (AvgIpc) is 3.30. The second-order valence-corrected chi connectivity index (χ2v) is 6.15. The van der Waals surface area contributed by atoms with Crippen molar-refractivity contribution >= 4 is 11.8 Å². The summed E-state index contributed by atoms with van der Waals surface area (Å²) < 4.78 is 5.48. The summed E-state index contributed by atoms with van der Waals surface area (Å²) in [6.07, 6.45) is -1.62. The minimum Gasteiger partial charge on any atom is -0.490 e. The summed E-state index contributed by atoms with van der Waals surface area (Å²) in [4.78, 5) is 22.9. The van der Waals surface area contributed by atoms with E-state index in [-0.39, 0.29) is 24.3 Å². The third kappa shape index (κ3) is 4.66. The Hall–Kier alpha value is -1.64. The summed E-state index contributed by atoms with van der Waals surface area (Å²) in [7, 11) is 0.